The first-order chi connectivity index (χ1) is 9.77. The van der Waals surface area contributed by atoms with Crippen LogP contribution in [-0.2, 0) is 4.79 Å². The fraction of sp³-hybridized carbons (Fsp3) is 0.500. The zero-order valence-corrected chi connectivity index (χ0v) is 13.3. The summed E-state index contributed by atoms with van der Waals surface area (Å²) in [6.07, 6.45) is 1.31. The first-order valence-corrected chi connectivity index (χ1v) is 7.51. The maximum Gasteiger partial charge on any atom is 0.238 e. The zero-order chi connectivity index (χ0) is 15.6. The molecule has 1 heterocycles. The van der Waals surface area contributed by atoms with E-state index in [9.17, 15) is 9.90 Å². The number of nitrogens with one attached hydrogen (secondary N) is 1. The molecule has 5 nitrogen and oxygen atoms in total. The van der Waals surface area contributed by atoms with Gasteiger partial charge >= 0.3 is 0 Å². The van der Waals surface area contributed by atoms with E-state index in [0.29, 0.717) is 47.4 Å². The second-order valence-electron chi connectivity index (χ2n) is 5.67. The van der Waals surface area contributed by atoms with Crippen molar-refractivity contribution < 1.29 is 9.90 Å². The highest BCUT2D eigenvalue weighted by Gasteiger charge is 2.28. The second kappa shape index (κ2) is 6.40. The third kappa shape index (κ3) is 4.48. The summed E-state index contributed by atoms with van der Waals surface area (Å²) in [6.45, 7) is 3.43. The van der Waals surface area contributed by atoms with Crippen LogP contribution in [0.2, 0.25) is 10.0 Å². The Morgan fingerprint density at radius 2 is 2.05 bits per heavy atom. The quantitative estimate of drug-likeness (QED) is 0.743. The maximum absolute atomic E-state index is 12.1. The molecule has 0 radical (unpaired) electrons. The molecule has 1 aliphatic rings. The molecule has 4 N–H and O–H groups in total. The van der Waals surface area contributed by atoms with Crippen LogP contribution in [0.3, 0.4) is 0 Å². The molecular formula is C14H19Cl2N3O2. The fourth-order valence-electron chi connectivity index (χ4n) is 2.30. The van der Waals surface area contributed by atoms with Gasteiger partial charge in [-0.2, -0.15) is 0 Å². The molecule has 0 spiro atoms. The number of benzene rings is 1. The van der Waals surface area contributed by atoms with E-state index in [1.165, 1.54) is 6.07 Å². The second-order valence-corrected chi connectivity index (χ2v) is 6.52. The Balaban J connectivity index is 1.94. The Morgan fingerprint density at radius 1 is 1.43 bits per heavy atom. The number of carbonyl (C=O) groups is 1. The summed E-state index contributed by atoms with van der Waals surface area (Å²) in [7, 11) is 0. The van der Waals surface area contributed by atoms with E-state index >= 15 is 0 Å². The van der Waals surface area contributed by atoms with Gasteiger partial charge in [0.25, 0.3) is 0 Å². The molecule has 21 heavy (non-hydrogen) atoms. The maximum atomic E-state index is 12.1. The van der Waals surface area contributed by atoms with Crippen LogP contribution < -0.4 is 11.1 Å². The Bertz CT molecular complexity index is 516. The van der Waals surface area contributed by atoms with Crippen molar-refractivity contribution in [1.29, 1.82) is 0 Å². The lowest BCUT2D eigenvalue weighted by molar-refractivity contribution is -0.118. The largest absolute Gasteiger partial charge is 0.397 e. The van der Waals surface area contributed by atoms with Crippen molar-refractivity contribution in [1.82, 2.24) is 4.90 Å². The Kier molecular flexibility index (Phi) is 4.99. The molecule has 1 aromatic rings. The molecule has 0 unspecified atom stereocenters. The fourth-order valence-corrected chi connectivity index (χ4v) is 2.86. The number of piperidine rings is 1. The number of halogens is 2. The molecule has 1 amide bonds. The van der Waals surface area contributed by atoms with Crippen molar-refractivity contribution in [3.63, 3.8) is 0 Å². The molecule has 2 rings (SSSR count). The third-order valence-electron chi connectivity index (χ3n) is 3.65. The number of amides is 1. The van der Waals surface area contributed by atoms with Crippen LogP contribution in [-0.4, -0.2) is 41.1 Å². The number of nitrogens with zero attached hydrogens (tertiary/aromatic N) is 1. The van der Waals surface area contributed by atoms with Gasteiger partial charge in [-0.05, 0) is 31.9 Å². The lowest BCUT2D eigenvalue weighted by Gasteiger charge is -2.35. The topological polar surface area (TPSA) is 78.6 Å². The van der Waals surface area contributed by atoms with Crippen LogP contribution in [0.4, 0.5) is 11.4 Å². The lowest BCUT2D eigenvalue weighted by atomic mass is 9.94. The van der Waals surface area contributed by atoms with Gasteiger partial charge < -0.3 is 16.2 Å². The van der Waals surface area contributed by atoms with Crippen molar-refractivity contribution in [2.24, 2.45) is 0 Å². The molecule has 116 valence electrons. The van der Waals surface area contributed by atoms with Gasteiger partial charge in [0.15, 0.2) is 0 Å². The molecule has 1 aliphatic heterocycles. The highest BCUT2D eigenvalue weighted by Crippen LogP contribution is 2.32. The Morgan fingerprint density at radius 3 is 2.62 bits per heavy atom. The average Bonchev–Trinajstić information content (AvgIpc) is 2.36. The average molecular weight is 332 g/mol. The van der Waals surface area contributed by atoms with Crippen molar-refractivity contribution >= 4 is 40.5 Å². The van der Waals surface area contributed by atoms with E-state index in [1.807, 2.05) is 11.8 Å². The van der Waals surface area contributed by atoms with Crippen LogP contribution in [0, 0.1) is 0 Å². The van der Waals surface area contributed by atoms with Gasteiger partial charge in [0.1, 0.15) is 0 Å². The number of aliphatic hydroxyl groups is 1. The Hall–Kier alpha value is -1.01. The predicted octanol–water partition coefficient (Wildman–Crippen LogP) is 2.36. The number of nitrogens with two attached hydrogens (primary N) is 1. The number of hydrogen-bond acceptors (Lipinski definition) is 4. The van der Waals surface area contributed by atoms with Crippen LogP contribution in [0.25, 0.3) is 0 Å². The number of nitrogen functional groups attached to an aromatic ring is 1. The highest BCUT2D eigenvalue weighted by atomic mass is 35.5. The van der Waals surface area contributed by atoms with E-state index in [-0.39, 0.29) is 12.5 Å². The predicted molar refractivity (Wildman–Crippen MR) is 85.8 cm³/mol. The third-order valence-corrected chi connectivity index (χ3v) is 4.17. The van der Waals surface area contributed by atoms with Gasteiger partial charge in [0.2, 0.25) is 5.91 Å². The number of carbonyl (C=O) groups excluding carboxylic acids is 1. The summed E-state index contributed by atoms with van der Waals surface area (Å²) in [6, 6.07) is 3.08. The lowest BCUT2D eigenvalue weighted by Crippen LogP contribution is -2.45. The molecule has 7 heteroatoms. The molecule has 0 aromatic heterocycles. The van der Waals surface area contributed by atoms with Crippen LogP contribution in [0.1, 0.15) is 19.8 Å². The van der Waals surface area contributed by atoms with Gasteiger partial charge in [0.05, 0.1) is 28.5 Å². The van der Waals surface area contributed by atoms with Crippen molar-refractivity contribution in [3.8, 4) is 0 Å². The summed E-state index contributed by atoms with van der Waals surface area (Å²) < 4.78 is 0. The highest BCUT2D eigenvalue weighted by molar-refractivity contribution is 6.37. The number of hydrogen-bond donors (Lipinski definition) is 3. The number of likely N-dealkylation sites (tertiary alicyclic amines) is 1. The number of rotatable bonds is 3. The molecule has 0 bridgehead atoms. The molecule has 0 aliphatic carbocycles. The van der Waals surface area contributed by atoms with E-state index in [2.05, 4.69) is 5.32 Å². The van der Waals surface area contributed by atoms with E-state index in [4.69, 9.17) is 28.9 Å². The van der Waals surface area contributed by atoms with Crippen molar-refractivity contribution in [2.75, 3.05) is 30.7 Å². The van der Waals surface area contributed by atoms with Crippen molar-refractivity contribution in [3.05, 3.63) is 22.2 Å². The van der Waals surface area contributed by atoms with Crippen molar-refractivity contribution in [2.45, 2.75) is 25.4 Å². The SMILES string of the molecule is CC1(O)CCN(CC(=O)Nc2c(N)cc(Cl)cc2Cl)CC1. The zero-order valence-electron chi connectivity index (χ0n) is 11.8. The minimum Gasteiger partial charge on any atom is -0.397 e. The van der Waals surface area contributed by atoms with Gasteiger partial charge in [-0.15, -0.1) is 0 Å². The van der Waals surface area contributed by atoms with Crippen LogP contribution in [0.15, 0.2) is 12.1 Å². The normalized spacial score (nSPS) is 18.5. The monoisotopic (exact) mass is 331 g/mol. The number of anilines is 2. The van der Waals surface area contributed by atoms with Gasteiger partial charge in [0, 0.05) is 18.1 Å². The summed E-state index contributed by atoms with van der Waals surface area (Å²) in [5, 5.41) is 13.3. The molecule has 0 saturated carbocycles. The first kappa shape index (κ1) is 16.4. The molecule has 1 aromatic carbocycles. The Labute approximate surface area is 134 Å². The van der Waals surface area contributed by atoms with E-state index in [1.54, 1.807) is 6.07 Å². The molecule has 0 atom stereocenters. The molecule has 1 saturated heterocycles. The standard InChI is InChI=1S/C14H19Cl2N3O2/c1-14(21)2-4-19(5-3-14)8-12(20)18-13-10(16)6-9(15)7-11(13)17/h6-7,21H,2-5,8,17H2,1H3,(H,18,20). The van der Waals surface area contributed by atoms with Gasteiger partial charge in [-0.25, -0.2) is 0 Å². The smallest absolute Gasteiger partial charge is 0.238 e. The summed E-state index contributed by atoms with van der Waals surface area (Å²) in [4.78, 5) is 14.1. The summed E-state index contributed by atoms with van der Waals surface area (Å²) >= 11 is 11.9. The summed E-state index contributed by atoms with van der Waals surface area (Å²) in [5.74, 6) is -0.188. The van der Waals surface area contributed by atoms with Crippen LogP contribution in [0.5, 0.6) is 0 Å². The van der Waals surface area contributed by atoms with Gasteiger partial charge in [-0.3, -0.25) is 9.69 Å². The first-order valence-electron chi connectivity index (χ1n) is 6.76. The molecule has 1 fully saturated rings. The van der Waals surface area contributed by atoms with E-state index < -0.39 is 5.60 Å². The minimum absolute atomic E-state index is 0.188. The molecular weight excluding hydrogens is 313 g/mol. The summed E-state index contributed by atoms with van der Waals surface area (Å²) in [5.41, 5.74) is 5.90. The van der Waals surface area contributed by atoms with Gasteiger partial charge in [-0.1, -0.05) is 23.2 Å². The van der Waals surface area contributed by atoms with E-state index in [0.717, 1.165) is 0 Å². The van der Waals surface area contributed by atoms with Crippen LogP contribution >= 0.6 is 23.2 Å². The minimum atomic E-state index is -0.628.